The summed E-state index contributed by atoms with van der Waals surface area (Å²) < 4.78 is 46.1. The van der Waals surface area contributed by atoms with Gasteiger partial charge in [-0.1, -0.05) is 41.5 Å². The van der Waals surface area contributed by atoms with Gasteiger partial charge in [-0.2, -0.15) is 0 Å². The largest absolute Gasteiger partial charge is 0.543 e. The lowest BCUT2D eigenvalue weighted by molar-refractivity contribution is 0.146. The molecule has 0 aliphatic heterocycles. The Bertz CT molecular complexity index is 497. The van der Waals surface area contributed by atoms with E-state index in [9.17, 15) is 13.2 Å². The topological polar surface area (TPSA) is 9.23 Å². The molecule has 1 aromatic carbocycles. The van der Waals surface area contributed by atoms with Crippen molar-refractivity contribution in [2.45, 2.75) is 64.6 Å². The van der Waals surface area contributed by atoms with Crippen molar-refractivity contribution in [1.82, 2.24) is 0 Å². The van der Waals surface area contributed by atoms with Gasteiger partial charge in [0.05, 0.1) is 10.0 Å². The molecule has 6 heteroatoms. The lowest BCUT2D eigenvalue weighted by Crippen LogP contribution is -2.50. The highest BCUT2D eigenvalue weighted by Crippen LogP contribution is 2.44. The molecule has 0 saturated carbocycles. The van der Waals surface area contributed by atoms with E-state index in [2.05, 4.69) is 57.5 Å². The molecule has 0 unspecified atom stereocenters. The first-order valence-electron chi connectivity index (χ1n) is 7.50. The second-order valence-electron chi connectivity index (χ2n) is 6.53. The lowest BCUT2D eigenvalue weighted by Gasteiger charge is -2.42. The quantitative estimate of drug-likeness (QED) is 0.466. The molecule has 0 atom stereocenters. The van der Waals surface area contributed by atoms with Crippen molar-refractivity contribution in [2.75, 3.05) is 0 Å². The molecular weight excluding hydrogens is 373 g/mol. The Morgan fingerprint density at radius 2 is 1.41 bits per heavy atom. The number of hydrogen-bond donors (Lipinski definition) is 0. The average molecular weight is 397 g/mol. The number of alkyl halides is 2. The van der Waals surface area contributed by atoms with Crippen LogP contribution in [0.4, 0.5) is 13.2 Å². The molecular formula is C16H24BrF3OSi. The SMILES string of the molecule is CC(C)[Si](Oc1cc(Br)c(F)c(C(F)F)c1)(C(C)C)C(C)C. The van der Waals surface area contributed by atoms with Gasteiger partial charge in [0.25, 0.3) is 14.7 Å². The molecule has 0 heterocycles. The number of hydrogen-bond acceptors (Lipinski definition) is 1. The van der Waals surface area contributed by atoms with E-state index in [-0.39, 0.29) is 4.47 Å². The van der Waals surface area contributed by atoms with E-state index in [4.69, 9.17) is 4.43 Å². The first-order chi connectivity index (χ1) is 10.0. The Labute approximate surface area is 140 Å². The molecule has 126 valence electrons. The van der Waals surface area contributed by atoms with Crippen molar-refractivity contribution < 1.29 is 17.6 Å². The highest BCUT2D eigenvalue weighted by atomic mass is 79.9. The molecule has 0 fully saturated rings. The van der Waals surface area contributed by atoms with Gasteiger partial charge in [0.2, 0.25) is 0 Å². The normalized spacial score (nSPS) is 12.8. The minimum absolute atomic E-state index is 0.0134. The van der Waals surface area contributed by atoms with Crippen molar-refractivity contribution in [3.8, 4) is 5.75 Å². The summed E-state index contributed by atoms with van der Waals surface area (Å²) >= 11 is 3.01. The molecule has 22 heavy (non-hydrogen) atoms. The van der Waals surface area contributed by atoms with Gasteiger partial charge >= 0.3 is 0 Å². The Hall–Kier alpha value is -0.493. The molecule has 0 radical (unpaired) electrons. The van der Waals surface area contributed by atoms with Gasteiger partial charge in [-0.3, -0.25) is 0 Å². The van der Waals surface area contributed by atoms with Gasteiger partial charge in [0, 0.05) is 0 Å². The van der Waals surface area contributed by atoms with Crippen LogP contribution in [0.15, 0.2) is 16.6 Å². The van der Waals surface area contributed by atoms with E-state index < -0.39 is 26.1 Å². The third kappa shape index (κ3) is 3.70. The zero-order chi connectivity index (χ0) is 17.2. The predicted octanol–water partition coefficient (Wildman–Crippen LogP) is 7.08. The summed E-state index contributed by atoms with van der Waals surface area (Å²) in [6.45, 7) is 12.7. The van der Waals surface area contributed by atoms with Gasteiger partial charge in [-0.05, 0) is 44.7 Å². The molecule has 0 aliphatic rings. The van der Waals surface area contributed by atoms with Crippen molar-refractivity contribution in [3.63, 3.8) is 0 Å². The van der Waals surface area contributed by atoms with Crippen LogP contribution >= 0.6 is 15.9 Å². The van der Waals surface area contributed by atoms with Crippen molar-refractivity contribution in [2.24, 2.45) is 0 Å². The summed E-state index contributed by atoms with van der Waals surface area (Å²) in [4.78, 5) is 0. The smallest absolute Gasteiger partial charge is 0.266 e. The van der Waals surface area contributed by atoms with Gasteiger partial charge in [0.15, 0.2) is 0 Å². The molecule has 0 amide bonds. The Balaban J connectivity index is 3.36. The molecule has 0 bridgehead atoms. The van der Waals surface area contributed by atoms with E-state index in [0.717, 1.165) is 6.07 Å². The fraction of sp³-hybridized carbons (Fsp3) is 0.625. The Morgan fingerprint density at radius 1 is 0.955 bits per heavy atom. The van der Waals surface area contributed by atoms with Crippen LogP contribution in [0.5, 0.6) is 5.75 Å². The number of rotatable bonds is 6. The molecule has 1 rings (SSSR count). The zero-order valence-electron chi connectivity index (χ0n) is 13.9. The molecule has 0 spiro atoms. The molecule has 1 aromatic rings. The van der Waals surface area contributed by atoms with Crippen LogP contribution in [0, 0.1) is 5.82 Å². The summed E-state index contributed by atoms with van der Waals surface area (Å²) in [6.07, 6.45) is -2.87. The van der Waals surface area contributed by atoms with Gasteiger partial charge in [0.1, 0.15) is 11.6 Å². The maximum atomic E-state index is 13.8. The Kier molecular flexibility index (Phi) is 6.56. The van der Waals surface area contributed by atoms with E-state index >= 15 is 0 Å². The van der Waals surface area contributed by atoms with Crippen LogP contribution in [0.1, 0.15) is 53.5 Å². The Morgan fingerprint density at radius 3 is 1.77 bits per heavy atom. The lowest BCUT2D eigenvalue weighted by atomic mass is 10.2. The minimum Gasteiger partial charge on any atom is -0.543 e. The molecule has 0 aliphatic carbocycles. The van der Waals surface area contributed by atoms with Crippen molar-refractivity contribution >= 4 is 24.2 Å². The first-order valence-corrected chi connectivity index (χ1v) is 10.4. The van der Waals surface area contributed by atoms with Crippen molar-refractivity contribution in [1.29, 1.82) is 0 Å². The third-order valence-electron chi connectivity index (χ3n) is 4.27. The summed E-state index contributed by atoms with van der Waals surface area (Å²) in [7, 11) is -2.25. The standard InChI is InChI=1S/C16H24BrF3OSi/c1-9(2)22(10(3)4,11(5)6)21-12-7-13(16(19)20)15(18)14(17)8-12/h7-11,16H,1-6H3. The summed E-state index contributed by atoms with van der Waals surface area (Å²) in [5.41, 5.74) is 0.313. The fourth-order valence-electron chi connectivity index (χ4n) is 3.36. The average Bonchev–Trinajstić information content (AvgIpc) is 2.37. The molecule has 0 N–H and O–H groups in total. The second-order valence-corrected chi connectivity index (χ2v) is 12.8. The van der Waals surface area contributed by atoms with Gasteiger partial charge in [-0.25, -0.2) is 13.2 Å². The first kappa shape index (κ1) is 19.6. The number of halogens is 4. The predicted molar refractivity (Wildman–Crippen MR) is 90.7 cm³/mol. The maximum Gasteiger partial charge on any atom is 0.266 e. The summed E-state index contributed by atoms with van der Waals surface area (Å²) in [5, 5.41) is 0. The van der Waals surface area contributed by atoms with Crippen LogP contribution < -0.4 is 4.43 Å². The summed E-state index contributed by atoms with van der Waals surface area (Å²) in [6, 6.07) is 2.59. The highest BCUT2D eigenvalue weighted by molar-refractivity contribution is 9.10. The molecule has 0 saturated heterocycles. The van der Waals surface area contributed by atoms with Crippen LogP contribution in [0.3, 0.4) is 0 Å². The maximum absolute atomic E-state index is 13.8. The van der Waals surface area contributed by atoms with E-state index in [1.54, 1.807) is 0 Å². The minimum atomic E-state index is -2.87. The van der Waals surface area contributed by atoms with Crippen LogP contribution in [-0.2, 0) is 0 Å². The van der Waals surface area contributed by atoms with Crippen LogP contribution in [0.25, 0.3) is 0 Å². The second kappa shape index (κ2) is 7.38. The molecule has 0 aromatic heterocycles. The van der Waals surface area contributed by atoms with E-state index in [0.29, 0.717) is 22.4 Å². The van der Waals surface area contributed by atoms with Crippen LogP contribution in [0.2, 0.25) is 16.6 Å². The fourth-order valence-corrected chi connectivity index (χ4v) is 9.05. The third-order valence-corrected chi connectivity index (χ3v) is 10.8. The van der Waals surface area contributed by atoms with Crippen molar-refractivity contribution in [3.05, 3.63) is 28.0 Å². The zero-order valence-corrected chi connectivity index (χ0v) is 16.5. The van der Waals surface area contributed by atoms with Crippen LogP contribution in [-0.4, -0.2) is 8.32 Å². The monoisotopic (exact) mass is 396 g/mol. The van der Waals surface area contributed by atoms with E-state index in [1.807, 2.05) is 0 Å². The van der Waals surface area contributed by atoms with E-state index in [1.165, 1.54) is 6.07 Å². The number of benzene rings is 1. The summed E-state index contributed by atoms with van der Waals surface area (Å²) in [5.74, 6) is -0.598. The van der Waals surface area contributed by atoms with Gasteiger partial charge < -0.3 is 4.43 Å². The molecule has 1 nitrogen and oxygen atoms in total. The highest BCUT2D eigenvalue weighted by Gasteiger charge is 2.47. The van der Waals surface area contributed by atoms with Gasteiger partial charge in [-0.15, -0.1) is 0 Å².